The number of aryl methyl sites for hydroxylation is 1. The number of hydrogen-bond donors (Lipinski definition) is 2. The summed E-state index contributed by atoms with van der Waals surface area (Å²) in [4.78, 5) is 0. The van der Waals surface area contributed by atoms with Gasteiger partial charge in [0.15, 0.2) is 0 Å². The van der Waals surface area contributed by atoms with Crippen molar-refractivity contribution in [2.24, 2.45) is 0 Å². The van der Waals surface area contributed by atoms with Crippen LogP contribution in [0.5, 0.6) is 0 Å². The van der Waals surface area contributed by atoms with E-state index >= 15 is 0 Å². The third-order valence-corrected chi connectivity index (χ3v) is 3.65. The maximum absolute atomic E-state index is 5.96. The van der Waals surface area contributed by atoms with Gasteiger partial charge in [-0.05, 0) is 41.2 Å². The third kappa shape index (κ3) is 3.32. The van der Waals surface area contributed by atoms with Crippen molar-refractivity contribution in [2.45, 2.75) is 39.7 Å². The van der Waals surface area contributed by atoms with Gasteiger partial charge >= 0.3 is 0 Å². The van der Waals surface area contributed by atoms with Crippen LogP contribution in [-0.4, -0.2) is 0 Å². The van der Waals surface area contributed by atoms with E-state index in [0.29, 0.717) is 0 Å². The molecule has 0 heterocycles. The molecule has 0 fully saturated rings. The normalized spacial score (nSPS) is 11.4. The molecule has 2 heteroatoms. The molecule has 0 atom stereocenters. The summed E-state index contributed by atoms with van der Waals surface area (Å²) in [7, 11) is 0. The summed E-state index contributed by atoms with van der Waals surface area (Å²) < 4.78 is 0. The Balaban J connectivity index is 2.19. The van der Waals surface area contributed by atoms with Crippen LogP contribution in [0.1, 0.15) is 37.5 Å². The van der Waals surface area contributed by atoms with Crippen molar-refractivity contribution in [2.75, 3.05) is 11.1 Å². The second kappa shape index (κ2) is 5.58. The highest BCUT2D eigenvalue weighted by molar-refractivity contribution is 5.65. The Bertz CT molecular complexity index is 595. The van der Waals surface area contributed by atoms with Crippen molar-refractivity contribution < 1.29 is 0 Å². The molecule has 0 saturated carbocycles. The molecule has 0 bridgehead atoms. The molecule has 0 radical (unpaired) electrons. The highest BCUT2D eigenvalue weighted by Crippen LogP contribution is 2.25. The molecule has 0 aliphatic carbocycles. The van der Waals surface area contributed by atoms with Crippen molar-refractivity contribution in [1.82, 2.24) is 0 Å². The molecule has 0 aromatic heterocycles. The lowest BCUT2D eigenvalue weighted by Crippen LogP contribution is -2.12. The molecule has 2 aromatic carbocycles. The second-order valence-electron chi connectivity index (χ2n) is 6.33. The fourth-order valence-corrected chi connectivity index (χ4v) is 2.18. The summed E-state index contributed by atoms with van der Waals surface area (Å²) in [6, 6.07) is 14.6. The van der Waals surface area contributed by atoms with Gasteiger partial charge in [-0.1, -0.05) is 51.1 Å². The first-order chi connectivity index (χ1) is 9.38. The SMILES string of the molecule is Cc1ccc(C(C)(C)C)cc1CNc1ccccc1N. The zero-order chi connectivity index (χ0) is 14.8. The Morgan fingerprint density at radius 3 is 2.40 bits per heavy atom. The molecule has 0 unspecified atom stereocenters. The topological polar surface area (TPSA) is 38.0 Å². The molecular formula is C18H24N2. The standard InChI is InChI=1S/C18H24N2/c1-13-9-10-15(18(2,3)4)11-14(13)12-20-17-8-6-5-7-16(17)19/h5-11,20H,12,19H2,1-4H3. The number of nitrogens with one attached hydrogen (secondary N) is 1. The van der Waals surface area contributed by atoms with Gasteiger partial charge in [0, 0.05) is 6.54 Å². The zero-order valence-corrected chi connectivity index (χ0v) is 12.8. The smallest absolute Gasteiger partial charge is 0.0576 e. The highest BCUT2D eigenvalue weighted by atomic mass is 14.9. The van der Waals surface area contributed by atoms with Crippen LogP contribution in [0.25, 0.3) is 0 Å². The van der Waals surface area contributed by atoms with E-state index in [9.17, 15) is 0 Å². The zero-order valence-electron chi connectivity index (χ0n) is 12.8. The molecule has 2 rings (SSSR count). The van der Waals surface area contributed by atoms with Crippen LogP contribution in [0, 0.1) is 6.92 Å². The van der Waals surface area contributed by atoms with Gasteiger partial charge in [0.25, 0.3) is 0 Å². The summed E-state index contributed by atoms with van der Waals surface area (Å²) in [6.45, 7) is 9.67. The molecule has 0 aliphatic heterocycles. The van der Waals surface area contributed by atoms with Crippen LogP contribution in [-0.2, 0) is 12.0 Å². The molecule has 0 spiro atoms. The van der Waals surface area contributed by atoms with Crippen LogP contribution in [0.4, 0.5) is 11.4 Å². The maximum Gasteiger partial charge on any atom is 0.0576 e. The molecule has 3 N–H and O–H groups in total. The van der Waals surface area contributed by atoms with Crippen LogP contribution in [0.15, 0.2) is 42.5 Å². The average molecular weight is 268 g/mol. The Morgan fingerprint density at radius 2 is 1.75 bits per heavy atom. The van der Waals surface area contributed by atoms with E-state index in [2.05, 4.69) is 51.2 Å². The summed E-state index contributed by atoms with van der Waals surface area (Å²) in [5.74, 6) is 0. The number of hydrogen-bond acceptors (Lipinski definition) is 2. The number of para-hydroxylation sites is 2. The first kappa shape index (κ1) is 14.4. The van der Waals surface area contributed by atoms with Crippen molar-refractivity contribution in [3.63, 3.8) is 0 Å². The van der Waals surface area contributed by atoms with Crippen molar-refractivity contribution in [3.8, 4) is 0 Å². The molecule has 0 aliphatic rings. The van der Waals surface area contributed by atoms with Crippen molar-refractivity contribution >= 4 is 11.4 Å². The highest BCUT2D eigenvalue weighted by Gasteiger charge is 2.14. The third-order valence-electron chi connectivity index (χ3n) is 3.65. The monoisotopic (exact) mass is 268 g/mol. The molecule has 0 amide bonds. The first-order valence-corrected chi connectivity index (χ1v) is 7.06. The van der Waals surface area contributed by atoms with E-state index in [1.165, 1.54) is 16.7 Å². The van der Waals surface area contributed by atoms with Gasteiger partial charge in [0.05, 0.1) is 11.4 Å². The summed E-state index contributed by atoms with van der Waals surface area (Å²) in [5.41, 5.74) is 11.9. The minimum Gasteiger partial charge on any atom is -0.397 e. The van der Waals surface area contributed by atoms with Gasteiger partial charge in [-0.2, -0.15) is 0 Å². The van der Waals surface area contributed by atoms with Gasteiger partial charge in [0.1, 0.15) is 0 Å². The Kier molecular flexibility index (Phi) is 4.03. The van der Waals surface area contributed by atoms with Crippen LogP contribution in [0.2, 0.25) is 0 Å². The van der Waals surface area contributed by atoms with Crippen molar-refractivity contribution in [1.29, 1.82) is 0 Å². The Labute approximate surface area is 122 Å². The molecular weight excluding hydrogens is 244 g/mol. The van der Waals surface area contributed by atoms with E-state index in [1.54, 1.807) is 0 Å². The quantitative estimate of drug-likeness (QED) is 0.805. The van der Waals surface area contributed by atoms with Gasteiger partial charge < -0.3 is 11.1 Å². The first-order valence-electron chi connectivity index (χ1n) is 7.06. The fraction of sp³-hybridized carbons (Fsp3) is 0.333. The maximum atomic E-state index is 5.96. The molecule has 106 valence electrons. The summed E-state index contributed by atoms with van der Waals surface area (Å²) in [5, 5.41) is 3.42. The Hall–Kier alpha value is -1.96. The molecule has 20 heavy (non-hydrogen) atoms. The summed E-state index contributed by atoms with van der Waals surface area (Å²) in [6.07, 6.45) is 0. The van der Waals surface area contributed by atoms with E-state index in [4.69, 9.17) is 5.73 Å². The van der Waals surface area contributed by atoms with Crippen LogP contribution in [0.3, 0.4) is 0 Å². The van der Waals surface area contributed by atoms with E-state index < -0.39 is 0 Å². The number of benzene rings is 2. The van der Waals surface area contributed by atoms with E-state index in [1.807, 2.05) is 24.3 Å². The van der Waals surface area contributed by atoms with Crippen molar-refractivity contribution in [3.05, 3.63) is 59.2 Å². The predicted molar refractivity (Wildman–Crippen MR) is 88.1 cm³/mol. The van der Waals surface area contributed by atoms with E-state index in [-0.39, 0.29) is 5.41 Å². The lowest BCUT2D eigenvalue weighted by atomic mass is 9.85. The van der Waals surface area contributed by atoms with E-state index in [0.717, 1.165) is 17.9 Å². The number of rotatable bonds is 3. The van der Waals surface area contributed by atoms with Gasteiger partial charge in [-0.25, -0.2) is 0 Å². The minimum atomic E-state index is 0.175. The number of nitrogens with two attached hydrogens (primary N) is 1. The second-order valence-corrected chi connectivity index (χ2v) is 6.33. The van der Waals surface area contributed by atoms with Crippen LogP contribution < -0.4 is 11.1 Å². The average Bonchev–Trinajstić information content (AvgIpc) is 2.38. The van der Waals surface area contributed by atoms with Gasteiger partial charge in [0.2, 0.25) is 0 Å². The largest absolute Gasteiger partial charge is 0.397 e. The number of anilines is 2. The van der Waals surface area contributed by atoms with Gasteiger partial charge in [-0.3, -0.25) is 0 Å². The lowest BCUT2D eigenvalue weighted by Gasteiger charge is -2.21. The minimum absolute atomic E-state index is 0.175. The Morgan fingerprint density at radius 1 is 1.05 bits per heavy atom. The van der Waals surface area contributed by atoms with Crippen LogP contribution >= 0.6 is 0 Å². The fourth-order valence-electron chi connectivity index (χ4n) is 2.18. The van der Waals surface area contributed by atoms with Gasteiger partial charge in [-0.15, -0.1) is 0 Å². The lowest BCUT2D eigenvalue weighted by molar-refractivity contribution is 0.589. The molecule has 0 saturated heterocycles. The predicted octanol–water partition coefficient (Wildman–Crippen LogP) is 4.49. The number of nitrogen functional groups attached to an aromatic ring is 1. The molecule has 2 nitrogen and oxygen atoms in total. The summed E-state index contributed by atoms with van der Waals surface area (Å²) >= 11 is 0. The molecule has 2 aromatic rings.